The molecule has 6 aromatic carbocycles. The van der Waals surface area contributed by atoms with Crippen molar-refractivity contribution in [3.63, 3.8) is 0 Å². The maximum Gasteiger partial charge on any atom is 0.208 e. The van der Waals surface area contributed by atoms with Crippen LogP contribution in [0.5, 0.6) is 11.5 Å². The molecule has 206 valence electrons. The number of hydrogen-bond donors (Lipinski definition) is 0. The number of rotatable bonds is 9. The Balaban J connectivity index is 1.33. The molecule has 0 N–H and O–H groups in total. The number of ether oxygens (including phenoxy) is 2. The molecule has 0 aliphatic rings. The Hall–Kier alpha value is -4.38. The van der Waals surface area contributed by atoms with Crippen molar-refractivity contribution in [2.45, 2.75) is 24.5 Å². The first kappa shape index (κ1) is 27.8. The minimum absolute atomic E-state index is 0.396. The van der Waals surface area contributed by atoms with Crippen LogP contribution in [0.3, 0.4) is 0 Å². The monoisotopic (exact) mass is 583 g/mol. The van der Waals surface area contributed by atoms with Crippen molar-refractivity contribution in [2.24, 2.45) is 0 Å². The van der Waals surface area contributed by atoms with Crippen molar-refractivity contribution < 1.29 is 9.47 Å². The number of methoxy groups -OCH3 is 2. The molecule has 0 bridgehead atoms. The molecule has 1 atom stereocenters. The molecule has 6 rings (SSSR count). The van der Waals surface area contributed by atoms with Gasteiger partial charge in [-0.15, -0.1) is 0 Å². The molecule has 6 aromatic rings. The van der Waals surface area contributed by atoms with E-state index in [1.807, 2.05) is 18.2 Å². The summed E-state index contributed by atoms with van der Waals surface area (Å²) in [7, 11) is 3.07. The van der Waals surface area contributed by atoms with Crippen molar-refractivity contribution in [3.8, 4) is 33.8 Å². The van der Waals surface area contributed by atoms with Gasteiger partial charge in [-0.1, -0.05) is 90.6 Å². The number of benzene rings is 6. The summed E-state index contributed by atoms with van der Waals surface area (Å²) in [5.74, 6) is 1.72. The Morgan fingerprint density at radius 1 is 0.452 bits per heavy atom. The van der Waals surface area contributed by atoms with Crippen molar-refractivity contribution in [1.82, 2.24) is 0 Å². The lowest BCUT2D eigenvalue weighted by Gasteiger charge is -2.14. The standard InChI is InChI=1S/C38H31O2S2/c1-39-32-14-9-15-36(26-32)42(35-23-18-31(19-24-35)29-12-7-4-8-13-29)38-25-22-34(27-37(38)40-2)41-33-20-16-30(17-21-33)28-10-5-3-6-11-28/h3-27H,1-2H3/q+1. The highest BCUT2D eigenvalue weighted by Crippen LogP contribution is 2.41. The first-order valence-electron chi connectivity index (χ1n) is 13.8. The zero-order chi connectivity index (χ0) is 28.7. The molecule has 42 heavy (non-hydrogen) atoms. The maximum atomic E-state index is 6.04. The Labute approximate surface area is 255 Å². The highest BCUT2D eigenvalue weighted by molar-refractivity contribution is 7.99. The second-order valence-corrected chi connectivity index (χ2v) is 12.8. The van der Waals surface area contributed by atoms with E-state index in [0.717, 1.165) is 21.3 Å². The average molecular weight is 584 g/mol. The molecule has 0 heterocycles. The average Bonchev–Trinajstić information content (AvgIpc) is 3.07. The smallest absolute Gasteiger partial charge is 0.208 e. The Kier molecular flexibility index (Phi) is 8.64. The van der Waals surface area contributed by atoms with E-state index in [-0.39, 0.29) is 0 Å². The van der Waals surface area contributed by atoms with Gasteiger partial charge in [0, 0.05) is 15.9 Å². The van der Waals surface area contributed by atoms with Gasteiger partial charge in [0.1, 0.15) is 16.6 Å². The second-order valence-electron chi connectivity index (χ2n) is 9.68. The van der Waals surface area contributed by atoms with E-state index in [1.54, 1.807) is 26.0 Å². The highest BCUT2D eigenvalue weighted by Gasteiger charge is 2.33. The molecule has 0 radical (unpaired) electrons. The molecule has 0 fully saturated rings. The van der Waals surface area contributed by atoms with Gasteiger partial charge in [-0.25, -0.2) is 0 Å². The van der Waals surface area contributed by atoms with E-state index in [9.17, 15) is 0 Å². The quantitative estimate of drug-likeness (QED) is 0.158. The predicted molar refractivity (Wildman–Crippen MR) is 176 cm³/mol. The van der Waals surface area contributed by atoms with Gasteiger partial charge in [0.05, 0.1) is 14.2 Å². The van der Waals surface area contributed by atoms with Gasteiger partial charge in [-0.3, -0.25) is 0 Å². The maximum absolute atomic E-state index is 6.04. The summed E-state index contributed by atoms with van der Waals surface area (Å²) in [5.41, 5.74) is 4.85. The Morgan fingerprint density at radius 3 is 1.62 bits per heavy atom. The third-order valence-corrected chi connectivity index (χ3v) is 10.3. The normalized spacial score (nSPS) is 11.6. The molecule has 0 aromatic heterocycles. The summed E-state index contributed by atoms with van der Waals surface area (Å²) < 4.78 is 11.6. The lowest BCUT2D eigenvalue weighted by molar-refractivity contribution is 0.403. The SMILES string of the molecule is COc1cccc([S+](c2ccc(-c3ccccc3)cc2)c2ccc(Sc3ccc(-c4ccccc4)cc3)cc2OC)c1. The summed E-state index contributed by atoms with van der Waals surface area (Å²) >= 11 is 1.74. The fourth-order valence-corrected chi connectivity index (χ4v) is 7.93. The lowest BCUT2D eigenvalue weighted by atomic mass is 10.1. The van der Waals surface area contributed by atoms with Crippen LogP contribution in [0, 0.1) is 0 Å². The molecular formula is C38H31O2S2+. The molecule has 4 heteroatoms. The fourth-order valence-electron chi connectivity index (χ4n) is 4.89. The van der Waals surface area contributed by atoms with Crippen LogP contribution in [0.15, 0.2) is 176 Å². The number of hydrogen-bond acceptors (Lipinski definition) is 3. The minimum Gasteiger partial charge on any atom is -0.497 e. The van der Waals surface area contributed by atoms with Crippen molar-refractivity contribution in [2.75, 3.05) is 14.2 Å². The summed E-state index contributed by atoms with van der Waals surface area (Å²) in [6, 6.07) is 53.5. The second kappa shape index (κ2) is 13.1. The van der Waals surface area contributed by atoms with Gasteiger partial charge in [0.15, 0.2) is 15.5 Å². The largest absolute Gasteiger partial charge is 0.497 e. The van der Waals surface area contributed by atoms with Gasteiger partial charge in [0.25, 0.3) is 0 Å². The van der Waals surface area contributed by atoms with Crippen LogP contribution >= 0.6 is 11.8 Å². The van der Waals surface area contributed by atoms with E-state index < -0.39 is 10.9 Å². The van der Waals surface area contributed by atoms with Crippen LogP contribution in [0.2, 0.25) is 0 Å². The topological polar surface area (TPSA) is 18.5 Å². The fraction of sp³-hybridized carbons (Fsp3) is 0.0526. The van der Waals surface area contributed by atoms with Crippen LogP contribution in [0.4, 0.5) is 0 Å². The summed E-state index contributed by atoms with van der Waals surface area (Å²) in [4.78, 5) is 5.86. The summed E-state index contributed by atoms with van der Waals surface area (Å²) in [6.45, 7) is 0. The minimum atomic E-state index is -0.396. The molecule has 0 aliphatic carbocycles. The van der Waals surface area contributed by atoms with E-state index >= 15 is 0 Å². The first-order chi connectivity index (χ1) is 20.7. The van der Waals surface area contributed by atoms with Crippen molar-refractivity contribution >= 4 is 22.7 Å². The molecule has 0 saturated carbocycles. The Morgan fingerprint density at radius 2 is 1.02 bits per heavy atom. The highest BCUT2D eigenvalue weighted by atomic mass is 32.2. The molecule has 0 spiro atoms. The van der Waals surface area contributed by atoms with E-state index in [0.29, 0.717) is 0 Å². The van der Waals surface area contributed by atoms with Gasteiger partial charge >= 0.3 is 0 Å². The zero-order valence-corrected chi connectivity index (χ0v) is 25.2. The molecule has 0 amide bonds. The molecular weight excluding hydrogens is 553 g/mol. The first-order valence-corrected chi connectivity index (χ1v) is 15.8. The third-order valence-electron chi connectivity index (χ3n) is 7.03. The van der Waals surface area contributed by atoms with Crippen LogP contribution in [-0.4, -0.2) is 14.2 Å². The van der Waals surface area contributed by atoms with Gasteiger partial charge in [0.2, 0.25) is 4.90 Å². The van der Waals surface area contributed by atoms with E-state index in [4.69, 9.17) is 9.47 Å². The predicted octanol–water partition coefficient (Wildman–Crippen LogP) is 10.3. The van der Waals surface area contributed by atoms with Gasteiger partial charge in [-0.05, 0) is 89.0 Å². The molecule has 2 nitrogen and oxygen atoms in total. The van der Waals surface area contributed by atoms with E-state index in [1.165, 1.54) is 36.9 Å². The molecule has 1 unspecified atom stereocenters. The van der Waals surface area contributed by atoms with Gasteiger partial charge < -0.3 is 9.47 Å². The van der Waals surface area contributed by atoms with Crippen molar-refractivity contribution in [1.29, 1.82) is 0 Å². The van der Waals surface area contributed by atoms with Gasteiger partial charge in [-0.2, -0.15) is 0 Å². The van der Waals surface area contributed by atoms with Crippen LogP contribution < -0.4 is 9.47 Å². The molecule has 0 aliphatic heterocycles. The summed E-state index contributed by atoms with van der Waals surface area (Å²) in [5, 5.41) is 0. The van der Waals surface area contributed by atoms with Crippen LogP contribution in [0.1, 0.15) is 0 Å². The molecule has 0 saturated heterocycles. The van der Waals surface area contributed by atoms with Crippen molar-refractivity contribution in [3.05, 3.63) is 152 Å². The zero-order valence-electron chi connectivity index (χ0n) is 23.6. The van der Waals surface area contributed by atoms with Crippen LogP contribution in [0.25, 0.3) is 22.3 Å². The Bertz CT molecular complexity index is 1750. The van der Waals surface area contributed by atoms with E-state index in [2.05, 4.69) is 133 Å². The van der Waals surface area contributed by atoms with Crippen LogP contribution in [-0.2, 0) is 10.9 Å². The lowest BCUT2D eigenvalue weighted by Crippen LogP contribution is -2.07. The summed E-state index contributed by atoms with van der Waals surface area (Å²) in [6.07, 6.45) is 0. The third kappa shape index (κ3) is 6.25.